The summed E-state index contributed by atoms with van der Waals surface area (Å²) in [6.45, 7) is 5.59. The highest BCUT2D eigenvalue weighted by Gasteiger charge is 2.38. The van der Waals surface area contributed by atoms with Gasteiger partial charge in [-0.2, -0.15) is 0 Å². The molecule has 0 aliphatic heterocycles. The molecule has 1 saturated carbocycles. The van der Waals surface area contributed by atoms with E-state index in [1.54, 1.807) is 7.11 Å². The van der Waals surface area contributed by atoms with Crippen LogP contribution >= 0.6 is 0 Å². The second-order valence-corrected chi connectivity index (χ2v) is 5.31. The molecule has 0 unspecified atom stereocenters. The van der Waals surface area contributed by atoms with Gasteiger partial charge >= 0.3 is 5.97 Å². The lowest BCUT2D eigenvalue weighted by Gasteiger charge is -2.36. The third-order valence-electron chi connectivity index (χ3n) is 2.88. The largest absolute Gasteiger partial charge is 0.433 e. The fourth-order valence-corrected chi connectivity index (χ4v) is 1.76. The molecule has 1 aliphatic carbocycles. The maximum atomic E-state index is 11.8. The lowest BCUT2D eigenvalue weighted by atomic mass is 9.92. The van der Waals surface area contributed by atoms with E-state index in [1.807, 2.05) is 20.8 Å². The molecule has 0 aromatic rings. The van der Waals surface area contributed by atoms with Gasteiger partial charge in [-0.25, -0.2) is 0 Å². The number of methoxy groups -OCH3 is 1. The Morgan fingerprint density at radius 2 is 1.67 bits per heavy atom. The van der Waals surface area contributed by atoms with Gasteiger partial charge in [0.05, 0.1) is 5.41 Å². The Bertz CT molecular complexity index is 222. The molecule has 0 aromatic heterocycles. The molecule has 1 rings (SSSR count). The quantitative estimate of drug-likeness (QED) is 0.523. The topological polar surface area (TPSA) is 35.5 Å². The fraction of sp³-hybridized carbons (Fsp3) is 0.917. The smallest absolute Gasteiger partial charge is 0.313 e. The molecule has 0 saturated heterocycles. The Morgan fingerprint density at radius 1 is 1.13 bits per heavy atom. The van der Waals surface area contributed by atoms with Gasteiger partial charge in [-0.1, -0.05) is 6.42 Å². The minimum atomic E-state index is -0.650. The molecule has 0 heterocycles. The zero-order valence-electron chi connectivity index (χ0n) is 10.3. The van der Waals surface area contributed by atoms with Crippen molar-refractivity contribution >= 4 is 5.97 Å². The first kappa shape index (κ1) is 12.5. The monoisotopic (exact) mass is 214 g/mol. The Balaban J connectivity index is 2.63. The zero-order valence-corrected chi connectivity index (χ0v) is 10.3. The van der Waals surface area contributed by atoms with E-state index in [1.165, 1.54) is 6.42 Å². The standard InChI is InChI=1S/C12H22O3/c1-11(2,3)10(13)15-12(14-4)8-6-5-7-9-12/h5-9H2,1-4H3. The predicted octanol–water partition coefficient (Wildman–Crippen LogP) is 2.88. The van der Waals surface area contributed by atoms with Crippen LogP contribution in [0.15, 0.2) is 0 Å². The minimum absolute atomic E-state index is 0.175. The molecule has 1 fully saturated rings. The van der Waals surface area contributed by atoms with Crippen LogP contribution in [0.1, 0.15) is 52.9 Å². The third-order valence-corrected chi connectivity index (χ3v) is 2.88. The maximum absolute atomic E-state index is 11.8. The SMILES string of the molecule is COC1(OC(=O)C(C)(C)C)CCCCC1. The Kier molecular flexibility index (Phi) is 3.77. The molecule has 0 bridgehead atoms. The molecule has 0 atom stereocenters. The zero-order chi connectivity index (χ0) is 11.5. The van der Waals surface area contributed by atoms with Crippen LogP contribution in [0.3, 0.4) is 0 Å². The summed E-state index contributed by atoms with van der Waals surface area (Å²) in [5.41, 5.74) is -0.455. The number of ether oxygens (including phenoxy) is 2. The predicted molar refractivity (Wildman–Crippen MR) is 58.4 cm³/mol. The van der Waals surface area contributed by atoms with Crippen LogP contribution in [0.4, 0.5) is 0 Å². The van der Waals surface area contributed by atoms with Crippen LogP contribution < -0.4 is 0 Å². The van der Waals surface area contributed by atoms with Crippen molar-refractivity contribution in [2.24, 2.45) is 5.41 Å². The molecular weight excluding hydrogens is 192 g/mol. The molecule has 0 amide bonds. The van der Waals surface area contributed by atoms with Gasteiger partial charge in [0.25, 0.3) is 0 Å². The van der Waals surface area contributed by atoms with Crippen LogP contribution in [-0.4, -0.2) is 18.9 Å². The van der Waals surface area contributed by atoms with Gasteiger partial charge in [0.15, 0.2) is 0 Å². The molecule has 0 N–H and O–H groups in total. The lowest BCUT2D eigenvalue weighted by molar-refractivity contribution is -0.239. The van der Waals surface area contributed by atoms with Gasteiger partial charge in [-0.3, -0.25) is 4.79 Å². The molecule has 88 valence electrons. The van der Waals surface area contributed by atoms with E-state index in [0.29, 0.717) is 0 Å². The molecule has 1 aliphatic rings. The summed E-state index contributed by atoms with van der Waals surface area (Å²) in [7, 11) is 1.63. The molecule has 3 heteroatoms. The number of hydrogen-bond donors (Lipinski definition) is 0. The summed E-state index contributed by atoms with van der Waals surface area (Å²) in [4.78, 5) is 11.8. The van der Waals surface area contributed by atoms with Gasteiger partial charge in [-0.05, 0) is 33.6 Å². The molecule has 3 nitrogen and oxygen atoms in total. The Hall–Kier alpha value is -0.570. The normalized spacial score (nSPS) is 21.1. The van der Waals surface area contributed by atoms with E-state index in [9.17, 15) is 4.79 Å². The highest BCUT2D eigenvalue weighted by atomic mass is 16.7. The van der Waals surface area contributed by atoms with E-state index >= 15 is 0 Å². The Morgan fingerprint density at radius 3 is 2.07 bits per heavy atom. The minimum Gasteiger partial charge on any atom is -0.433 e. The van der Waals surface area contributed by atoms with E-state index in [-0.39, 0.29) is 5.97 Å². The first-order chi connectivity index (χ1) is 6.90. The van der Waals surface area contributed by atoms with Gasteiger partial charge < -0.3 is 9.47 Å². The van der Waals surface area contributed by atoms with E-state index < -0.39 is 11.2 Å². The van der Waals surface area contributed by atoms with Crippen molar-refractivity contribution < 1.29 is 14.3 Å². The van der Waals surface area contributed by atoms with E-state index in [4.69, 9.17) is 9.47 Å². The van der Waals surface area contributed by atoms with Crippen LogP contribution in [0.2, 0.25) is 0 Å². The lowest BCUT2D eigenvalue weighted by Crippen LogP contribution is -2.42. The maximum Gasteiger partial charge on any atom is 0.313 e. The van der Waals surface area contributed by atoms with Crippen molar-refractivity contribution in [1.29, 1.82) is 0 Å². The first-order valence-electron chi connectivity index (χ1n) is 5.68. The van der Waals surface area contributed by atoms with Crippen molar-refractivity contribution in [2.45, 2.75) is 58.7 Å². The molecule has 0 radical (unpaired) electrons. The second kappa shape index (κ2) is 4.52. The van der Waals surface area contributed by atoms with Gasteiger partial charge in [0, 0.05) is 20.0 Å². The van der Waals surface area contributed by atoms with E-state index in [0.717, 1.165) is 25.7 Å². The number of esters is 1. The first-order valence-corrected chi connectivity index (χ1v) is 5.68. The molecule has 0 spiro atoms. The Labute approximate surface area is 92.1 Å². The van der Waals surface area contributed by atoms with E-state index in [2.05, 4.69) is 0 Å². The number of rotatable bonds is 2. The summed E-state index contributed by atoms with van der Waals surface area (Å²) >= 11 is 0. The average molecular weight is 214 g/mol. The fourth-order valence-electron chi connectivity index (χ4n) is 1.76. The van der Waals surface area contributed by atoms with Gasteiger partial charge in [0.2, 0.25) is 5.79 Å². The summed E-state index contributed by atoms with van der Waals surface area (Å²) in [6, 6.07) is 0. The number of hydrogen-bond acceptors (Lipinski definition) is 3. The third kappa shape index (κ3) is 3.20. The highest BCUT2D eigenvalue weighted by molar-refractivity contribution is 5.75. The van der Waals surface area contributed by atoms with Crippen LogP contribution in [-0.2, 0) is 14.3 Å². The second-order valence-electron chi connectivity index (χ2n) is 5.31. The molecule has 15 heavy (non-hydrogen) atoms. The summed E-state index contributed by atoms with van der Waals surface area (Å²) < 4.78 is 10.9. The van der Waals surface area contributed by atoms with Crippen molar-refractivity contribution in [3.63, 3.8) is 0 Å². The van der Waals surface area contributed by atoms with Crippen molar-refractivity contribution in [3.05, 3.63) is 0 Å². The molecular formula is C12H22O3. The van der Waals surface area contributed by atoms with Crippen LogP contribution in [0, 0.1) is 5.41 Å². The van der Waals surface area contributed by atoms with Gasteiger partial charge in [-0.15, -0.1) is 0 Å². The van der Waals surface area contributed by atoms with Crippen molar-refractivity contribution in [2.75, 3.05) is 7.11 Å². The average Bonchev–Trinajstić information content (AvgIpc) is 2.18. The summed E-state index contributed by atoms with van der Waals surface area (Å²) in [5.74, 6) is -0.825. The summed E-state index contributed by atoms with van der Waals surface area (Å²) in [6.07, 6.45) is 5.01. The molecule has 0 aromatic carbocycles. The van der Waals surface area contributed by atoms with Crippen LogP contribution in [0.5, 0.6) is 0 Å². The highest BCUT2D eigenvalue weighted by Crippen LogP contribution is 2.34. The number of carbonyl (C=O) groups excluding carboxylic acids is 1. The van der Waals surface area contributed by atoms with Crippen molar-refractivity contribution in [1.82, 2.24) is 0 Å². The van der Waals surface area contributed by atoms with Crippen LogP contribution in [0.25, 0.3) is 0 Å². The van der Waals surface area contributed by atoms with Gasteiger partial charge in [0.1, 0.15) is 0 Å². The van der Waals surface area contributed by atoms with Crippen molar-refractivity contribution in [3.8, 4) is 0 Å². The number of carbonyl (C=O) groups is 1. The summed E-state index contributed by atoms with van der Waals surface area (Å²) in [5, 5.41) is 0.